The molecule has 1 aliphatic carbocycles. The van der Waals surface area contributed by atoms with Gasteiger partial charge in [0.15, 0.2) is 0 Å². The molecule has 1 unspecified atom stereocenters. The fourth-order valence-corrected chi connectivity index (χ4v) is 3.49. The number of aryl methyl sites for hydroxylation is 1. The highest BCUT2D eigenvalue weighted by molar-refractivity contribution is 9.10. The van der Waals surface area contributed by atoms with Gasteiger partial charge in [-0.2, -0.15) is 0 Å². The number of rotatable bonds is 3. The van der Waals surface area contributed by atoms with Crippen molar-refractivity contribution in [3.63, 3.8) is 0 Å². The highest BCUT2D eigenvalue weighted by atomic mass is 79.9. The van der Waals surface area contributed by atoms with Crippen LogP contribution < -0.4 is 4.74 Å². The van der Waals surface area contributed by atoms with Crippen molar-refractivity contribution in [2.45, 2.75) is 31.3 Å². The van der Waals surface area contributed by atoms with Gasteiger partial charge in [0.1, 0.15) is 5.75 Å². The van der Waals surface area contributed by atoms with Gasteiger partial charge >= 0.3 is 0 Å². The highest BCUT2D eigenvalue weighted by Gasteiger charge is 2.32. The molecule has 0 aromatic heterocycles. The van der Waals surface area contributed by atoms with Gasteiger partial charge in [-0.25, -0.2) is 0 Å². The van der Waals surface area contributed by atoms with Crippen LogP contribution in [0.15, 0.2) is 46.9 Å². The van der Waals surface area contributed by atoms with Crippen molar-refractivity contribution < 1.29 is 9.84 Å². The molecule has 3 heteroatoms. The highest BCUT2D eigenvalue weighted by Crippen LogP contribution is 2.34. The maximum absolute atomic E-state index is 11.0. The molecule has 1 N–H and O–H groups in total. The summed E-state index contributed by atoms with van der Waals surface area (Å²) >= 11 is 3.58. The molecule has 0 bridgehead atoms. The Hall–Kier alpha value is -1.32. The molecular formula is C18H19BrO2. The number of benzene rings is 2. The molecule has 0 fully saturated rings. The van der Waals surface area contributed by atoms with Crippen molar-refractivity contribution in [3.05, 3.63) is 63.6 Å². The van der Waals surface area contributed by atoms with Gasteiger partial charge in [-0.15, -0.1) is 0 Å². The first-order valence-electron chi connectivity index (χ1n) is 7.21. The average molecular weight is 347 g/mol. The van der Waals surface area contributed by atoms with Crippen LogP contribution >= 0.6 is 15.9 Å². The van der Waals surface area contributed by atoms with Crippen LogP contribution in [-0.2, 0) is 19.3 Å². The summed E-state index contributed by atoms with van der Waals surface area (Å²) in [7, 11) is 1.67. The summed E-state index contributed by atoms with van der Waals surface area (Å²) in [6.45, 7) is 0. The number of ether oxygens (including phenoxy) is 1. The second-order valence-corrected chi connectivity index (χ2v) is 6.66. The Labute approximate surface area is 133 Å². The van der Waals surface area contributed by atoms with Crippen LogP contribution in [0.5, 0.6) is 5.75 Å². The van der Waals surface area contributed by atoms with E-state index >= 15 is 0 Å². The Morgan fingerprint density at radius 1 is 1.19 bits per heavy atom. The topological polar surface area (TPSA) is 29.5 Å². The molecule has 1 atom stereocenters. The number of halogens is 1. The number of hydrogen-bond donors (Lipinski definition) is 1. The molecule has 0 heterocycles. The minimum Gasteiger partial charge on any atom is -0.497 e. The van der Waals surface area contributed by atoms with E-state index in [1.54, 1.807) is 7.11 Å². The van der Waals surface area contributed by atoms with Crippen molar-refractivity contribution in [2.75, 3.05) is 7.11 Å². The first-order valence-corrected chi connectivity index (χ1v) is 8.00. The lowest BCUT2D eigenvalue weighted by Crippen LogP contribution is -2.38. The van der Waals surface area contributed by atoms with Gasteiger partial charge in [-0.3, -0.25) is 0 Å². The van der Waals surface area contributed by atoms with E-state index in [4.69, 9.17) is 4.74 Å². The molecule has 2 aromatic rings. The van der Waals surface area contributed by atoms with E-state index < -0.39 is 5.60 Å². The number of hydrogen-bond acceptors (Lipinski definition) is 2. The molecule has 0 spiro atoms. The number of aliphatic hydroxyl groups is 1. The molecule has 3 rings (SSSR count). The van der Waals surface area contributed by atoms with Gasteiger partial charge in [0.2, 0.25) is 0 Å². The molecule has 0 saturated carbocycles. The van der Waals surface area contributed by atoms with Gasteiger partial charge in [-0.05, 0) is 47.7 Å². The molecular weight excluding hydrogens is 328 g/mol. The van der Waals surface area contributed by atoms with E-state index in [0.29, 0.717) is 12.8 Å². The third kappa shape index (κ3) is 3.14. The van der Waals surface area contributed by atoms with Gasteiger partial charge in [0, 0.05) is 17.3 Å². The van der Waals surface area contributed by atoms with Crippen molar-refractivity contribution in [3.8, 4) is 5.75 Å². The Bertz CT molecular complexity index is 653. The molecule has 2 aromatic carbocycles. The van der Waals surface area contributed by atoms with Crippen molar-refractivity contribution >= 4 is 15.9 Å². The normalized spacial score (nSPS) is 20.9. The minimum absolute atomic E-state index is 0.638. The van der Waals surface area contributed by atoms with Crippen molar-refractivity contribution in [1.82, 2.24) is 0 Å². The van der Waals surface area contributed by atoms with Gasteiger partial charge in [-0.1, -0.05) is 40.2 Å². The van der Waals surface area contributed by atoms with Crippen LogP contribution in [0, 0.1) is 0 Å². The monoisotopic (exact) mass is 346 g/mol. The van der Waals surface area contributed by atoms with E-state index in [9.17, 15) is 5.11 Å². The van der Waals surface area contributed by atoms with E-state index in [2.05, 4.69) is 34.1 Å². The lowest BCUT2D eigenvalue weighted by atomic mass is 9.77. The Morgan fingerprint density at radius 3 is 2.71 bits per heavy atom. The quantitative estimate of drug-likeness (QED) is 0.912. The maximum atomic E-state index is 11.0. The van der Waals surface area contributed by atoms with E-state index in [1.165, 1.54) is 11.1 Å². The van der Waals surface area contributed by atoms with Gasteiger partial charge in [0.25, 0.3) is 0 Å². The second kappa shape index (κ2) is 5.82. The fourth-order valence-electron chi connectivity index (χ4n) is 3.10. The van der Waals surface area contributed by atoms with Gasteiger partial charge < -0.3 is 9.84 Å². The first kappa shape index (κ1) is 14.6. The van der Waals surface area contributed by atoms with E-state index in [1.807, 2.05) is 24.3 Å². The van der Waals surface area contributed by atoms with Crippen LogP contribution in [0.3, 0.4) is 0 Å². The molecule has 21 heavy (non-hydrogen) atoms. The lowest BCUT2D eigenvalue weighted by Gasteiger charge is -2.34. The molecule has 0 saturated heterocycles. The largest absolute Gasteiger partial charge is 0.497 e. The Balaban J connectivity index is 1.85. The van der Waals surface area contributed by atoms with Crippen LogP contribution in [0.25, 0.3) is 0 Å². The Morgan fingerprint density at radius 2 is 1.95 bits per heavy atom. The Kier molecular flexibility index (Phi) is 4.05. The summed E-state index contributed by atoms with van der Waals surface area (Å²) in [4.78, 5) is 0. The van der Waals surface area contributed by atoms with E-state index in [0.717, 1.165) is 28.6 Å². The van der Waals surface area contributed by atoms with E-state index in [-0.39, 0.29) is 0 Å². The third-order valence-electron chi connectivity index (χ3n) is 4.27. The fraction of sp³-hybridized carbons (Fsp3) is 0.333. The number of fused-ring (bicyclic) bond motifs is 1. The van der Waals surface area contributed by atoms with Crippen molar-refractivity contribution in [1.29, 1.82) is 0 Å². The molecule has 1 aliphatic rings. The first-order chi connectivity index (χ1) is 10.1. The molecule has 0 radical (unpaired) electrons. The van der Waals surface area contributed by atoms with Crippen molar-refractivity contribution in [2.24, 2.45) is 0 Å². The summed E-state index contributed by atoms with van der Waals surface area (Å²) < 4.78 is 6.31. The van der Waals surface area contributed by atoms with Crippen LogP contribution in [0.4, 0.5) is 0 Å². The summed E-state index contributed by atoms with van der Waals surface area (Å²) in [5, 5.41) is 11.0. The zero-order chi connectivity index (χ0) is 14.9. The predicted octanol–water partition coefficient (Wildman–Crippen LogP) is 3.92. The second-order valence-electron chi connectivity index (χ2n) is 5.80. The zero-order valence-electron chi connectivity index (χ0n) is 12.1. The van der Waals surface area contributed by atoms with Gasteiger partial charge in [0.05, 0.1) is 12.7 Å². The summed E-state index contributed by atoms with van der Waals surface area (Å²) in [6, 6.07) is 14.3. The standard InChI is InChI=1S/C18H19BrO2/c1-21-16-6-7-17(19)15(10-16)12-18(20)9-8-13-4-2-3-5-14(13)11-18/h2-7,10,20H,8-9,11-12H2,1H3. The van der Waals surface area contributed by atoms with Crippen LogP contribution in [-0.4, -0.2) is 17.8 Å². The molecule has 2 nitrogen and oxygen atoms in total. The molecule has 110 valence electrons. The summed E-state index contributed by atoms with van der Waals surface area (Å²) in [5.41, 5.74) is 3.05. The third-order valence-corrected chi connectivity index (χ3v) is 5.04. The zero-order valence-corrected chi connectivity index (χ0v) is 13.7. The smallest absolute Gasteiger partial charge is 0.119 e. The SMILES string of the molecule is COc1ccc(Br)c(CC2(O)CCc3ccccc3C2)c1. The molecule has 0 aliphatic heterocycles. The average Bonchev–Trinajstić information content (AvgIpc) is 2.49. The lowest BCUT2D eigenvalue weighted by molar-refractivity contribution is 0.0265. The maximum Gasteiger partial charge on any atom is 0.119 e. The minimum atomic E-state index is -0.677. The molecule has 0 amide bonds. The van der Waals surface area contributed by atoms with Crippen LogP contribution in [0.1, 0.15) is 23.1 Å². The summed E-state index contributed by atoms with van der Waals surface area (Å²) in [6.07, 6.45) is 3.09. The van der Waals surface area contributed by atoms with Crippen LogP contribution in [0.2, 0.25) is 0 Å². The predicted molar refractivity (Wildman–Crippen MR) is 87.8 cm³/mol. The number of methoxy groups -OCH3 is 1. The summed E-state index contributed by atoms with van der Waals surface area (Å²) in [5.74, 6) is 0.827.